The monoisotopic (exact) mass is 430 g/mol. The number of nitrogens with one attached hydrogen (secondary N) is 2. The average Bonchev–Trinajstić information content (AvgIpc) is 3.37. The number of hydrogen-bond donors (Lipinski definition) is 2. The van der Waals surface area contributed by atoms with Gasteiger partial charge in [-0.15, -0.1) is 0 Å². The Hall–Kier alpha value is -3.74. The summed E-state index contributed by atoms with van der Waals surface area (Å²) >= 11 is 0. The summed E-state index contributed by atoms with van der Waals surface area (Å²) < 4.78 is 19.2. The van der Waals surface area contributed by atoms with Crippen LogP contribution in [0.15, 0.2) is 60.9 Å². The number of aromatic nitrogens is 3. The minimum atomic E-state index is -0.302. The van der Waals surface area contributed by atoms with E-state index in [1.165, 1.54) is 12.1 Å². The van der Waals surface area contributed by atoms with Gasteiger partial charge in [0, 0.05) is 47.4 Å². The SMILES string of the molecule is CCOc1cc(-c2ccc(F)cc2)nc2cc(C(=O)NC[C@@H]3C[C@H]3c3ncc[nH]3)ccc12. The molecule has 1 aliphatic rings. The van der Waals surface area contributed by atoms with E-state index < -0.39 is 0 Å². The molecule has 2 N–H and O–H groups in total. The van der Waals surface area contributed by atoms with Crippen molar-refractivity contribution in [3.05, 3.63) is 78.1 Å². The van der Waals surface area contributed by atoms with Gasteiger partial charge in [0.2, 0.25) is 0 Å². The zero-order chi connectivity index (χ0) is 22.1. The number of pyridine rings is 1. The number of rotatable bonds is 7. The second kappa shape index (κ2) is 8.42. The van der Waals surface area contributed by atoms with Gasteiger partial charge >= 0.3 is 0 Å². The summed E-state index contributed by atoms with van der Waals surface area (Å²) in [6, 6.07) is 13.4. The molecule has 0 aliphatic heterocycles. The van der Waals surface area contributed by atoms with Gasteiger partial charge in [-0.25, -0.2) is 14.4 Å². The van der Waals surface area contributed by atoms with Crippen LogP contribution in [0.3, 0.4) is 0 Å². The molecule has 7 heteroatoms. The molecule has 32 heavy (non-hydrogen) atoms. The summed E-state index contributed by atoms with van der Waals surface area (Å²) in [6.07, 6.45) is 4.59. The molecule has 2 heterocycles. The van der Waals surface area contributed by atoms with Crippen LogP contribution in [0.5, 0.6) is 5.75 Å². The van der Waals surface area contributed by atoms with Crippen molar-refractivity contribution in [1.29, 1.82) is 0 Å². The Morgan fingerprint density at radius 3 is 2.81 bits per heavy atom. The number of carbonyl (C=O) groups excluding carboxylic acids is 1. The normalized spacial score (nSPS) is 17.3. The van der Waals surface area contributed by atoms with Gasteiger partial charge in [-0.05, 0) is 61.7 Å². The van der Waals surface area contributed by atoms with Crippen molar-refractivity contribution in [3.8, 4) is 17.0 Å². The van der Waals surface area contributed by atoms with Crippen molar-refractivity contribution in [2.24, 2.45) is 5.92 Å². The third-order valence-corrected chi connectivity index (χ3v) is 5.79. The van der Waals surface area contributed by atoms with Crippen molar-refractivity contribution in [2.45, 2.75) is 19.3 Å². The molecule has 0 spiro atoms. The molecule has 0 saturated heterocycles. The molecule has 1 aliphatic carbocycles. The zero-order valence-electron chi connectivity index (χ0n) is 17.6. The number of ether oxygens (including phenoxy) is 1. The maximum Gasteiger partial charge on any atom is 0.251 e. The van der Waals surface area contributed by atoms with Crippen LogP contribution in [-0.2, 0) is 0 Å². The number of aromatic amines is 1. The number of amides is 1. The number of imidazole rings is 1. The van der Waals surface area contributed by atoms with Crippen LogP contribution in [0.25, 0.3) is 22.2 Å². The highest BCUT2D eigenvalue weighted by molar-refractivity contribution is 5.99. The van der Waals surface area contributed by atoms with Gasteiger partial charge < -0.3 is 15.0 Å². The molecule has 162 valence electrons. The van der Waals surface area contributed by atoms with E-state index in [2.05, 4.69) is 15.3 Å². The summed E-state index contributed by atoms with van der Waals surface area (Å²) in [6.45, 7) is 3.03. The first-order valence-corrected chi connectivity index (χ1v) is 10.7. The lowest BCUT2D eigenvalue weighted by molar-refractivity contribution is 0.0951. The highest BCUT2D eigenvalue weighted by Gasteiger charge is 2.40. The van der Waals surface area contributed by atoms with E-state index in [9.17, 15) is 9.18 Å². The molecule has 2 atom stereocenters. The van der Waals surface area contributed by atoms with Crippen LogP contribution in [0.4, 0.5) is 4.39 Å². The van der Waals surface area contributed by atoms with E-state index in [-0.39, 0.29) is 11.7 Å². The molecule has 6 nitrogen and oxygen atoms in total. The van der Waals surface area contributed by atoms with Crippen molar-refractivity contribution in [3.63, 3.8) is 0 Å². The molecule has 0 bridgehead atoms. The van der Waals surface area contributed by atoms with E-state index in [1.54, 1.807) is 30.5 Å². The molecular weight excluding hydrogens is 407 g/mol. The molecule has 0 radical (unpaired) electrons. The van der Waals surface area contributed by atoms with Gasteiger partial charge in [0.1, 0.15) is 17.4 Å². The second-order valence-corrected chi connectivity index (χ2v) is 7.96. The van der Waals surface area contributed by atoms with Crippen LogP contribution in [0, 0.1) is 11.7 Å². The number of halogens is 1. The van der Waals surface area contributed by atoms with Crippen LogP contribution >= 0.6 is 0 Å². The van der Waals surface area contributed by atoms with Crippen molar-refractivity contribution in [1.82, 2.24) is 20.3 Å². The van der Waals surface area contributed by atoms with E-state index in [0.717, 1.165) is 23.2 Å². The molecule has 0 unspecified atom stereocenters. The van der Waals surface area contributed by atoms with Gasteiger partial charge in [0.15, 0.2) is 0 Å². The van der Waals surface area contributed by atoms with Gasteiger partial charge in [-0.3, -0.25) is 4.79 Å². The quantitative estimate of drug-likeness (QED) is 0.446. The van der Waals surface area contributed by atoms with Gasteiger partial charge in [-0.2, -0.15) is 0 Å². The third-order valence-electron chi connectivity index (χ3n) is 5.79. The Balaban J connectivity index is 1.38. The smallest absolute Gasteiger partial charge is 0.251 e. The van der Waals surface area contributed by atoms with Crippen LogP contribution < -0.4 is 10.1 Å². The molecule has 5 rings (SSSR count). The van der Waals surface area contributed by atoms with Crippen LogP contribution in [0.1, 0.15) is 35.4 Å². The number of H-pyrrole nitrogens is 1. The van der Waals surface area contributed by atoms with E-state index >= 15 is 0 Å². The van der Waals surface area contributed by atoms with Gasteiger partial charge in [-0.1, -0.05) is 0 Å². The summed E-state index contributed by atoms with van der Waals surface area (Å²) in [5.74, 6) is 2.01. The minimum Gasteiger partial charge on any atom is -0.493 e. The maximum atomic E-state index is 13.3. The topological polar surface area (TPSA) is 79.9 Å². The fourth-order valence-corrected chi connectivity index (χ4v) is 4.00. The number of benzene rings is 2. The summed E-state index contributed by atoms with van der Waals surface area (Å²) in [5, 5.41) is 3.86. The number of hydrogen-bond acceptors (Lipinski definition) is 4. The number of fused-ring (bicyclic) bond motifs is 1. The maximum absolute atomic E-state index is 13.3. The molecular formula is C25H23FN4O2. The van der Waals surface area contributed by atoms with Crippen molar-refractivity contribution < 1.29 is 13.9 Å². The first kappa shape index (κ1) is 20.2. The van der Waals surface area contributed by atoms with E-state index in [1.807, 2.05) is 25.3 Å². The molecule has 2 aromatic carbocycles. The van der Waals surface area contributed by atoms with Crippen LogP contribution in [0.2, 0.25) is 0 Å². The largest absolute Gasteiger partial charge is 0.493 e. The predicted molar refractivity (Wildman–Crippen MR) is 120 cm³/mol. The lowest BCUT2D eigenvalue weighted by Gasteiger charge is -2.12. The average molecular weight is 430 g/mol. The van der Waals surface area contributed by atoms with Gasteiger partial charge in [0.25, 0.3) is 5.91 Å². The van der Waals surface area contributed by atoms with Crippen molar-refractivity contribution in [2.75, 3.05) is 13.2 Å². The Labute approximate surface area is 184 Å². The molecule has 1 fully saturated rings. The summed E-state index contributed by atoms with van der Waals surface area (Å²) in [5.41, 5.74) is 2.64. The first-order valence-electron chi connectivity index (χ1n) is 10.7. The Kier molecular flexibility index (Phi) is 5.31. The lowest BCUT2D eigenvalue weighted by Crippen LogP contribution is -2.25. The summed E-state index contributed by atoms with van der Waals surface area (Å²) in [7, 11) is 0. The highest BCUT2D eigenvalue weighted by Crippen LogP contribution is 2.45. The minimum absolute atomic E-state index is 0.135. The Bertz CT molecular complexity index is 1260. The van der Waals surface area contributed by atoms with Gasteiger partial charge in [0.05, 0.1) is 17.8 Å². The lowest BCUT2D eigenvalue weighted by atomic mass is 10.1. The number of nitrogens with zero attached hydrogens (tertiary/aromatic N) is 2. The zero-order valence-corrected chi connectivity index (χ0v) is 17.6. The Morgan fingerprint density at radius 2 is 2.06 bits per heavy atom. The Morgan fingerprint density at radius 1 is 1.22 bits per heavy atom. The van der Waals surface area contributed by atoms with Crippen molar-refractivity contribution >= 4 is 16.8 Å². The molecule has 1 amide bonds. The van der Waals surface area contributed by atoms with E-state index in [0.29, 0.717) is 47.5 Å². The first-order chi connectivity index (χ1) is 15.6. The van der Waals surface area contributed by atoms with Crippen LogP contribution in [-0.4, -0.2) is 34.0 Å². The fourth-order valence-electron chi connectivity index (χ4n) is 4.00. The highest BCUT2D eigenvalue weighted by atomic mass is 19.1. The molecule has 2 aromatic heterocycles. The third kappa shape index (κ3) is 4.06. The second-order valence-electron chi connectivity index (χ2n) is 7.96. The van der Waals surface area contributed by atoms with E-state index in [4.69, 9.17) is 9.72 Å². The predicted octanol–water partition coefficient (Wildman–Crippen LogP) is 4.70. The molecule has 1 saturated carbocycles. The molecule has 4 aromatic rings. The fraction of sp³-hybridized carbons (Fsp3) is 0.240. The summed E-state index contributed by atoms with van der Waals surface area (Å²) in [4.78, 5) is 24.9. The standard InChI is InChI=1S/C25H23FN4O2/c1-2-32-23-13-21(15-3-6-18(26)7-4-15)30-22-12-16(5-8-19(22)23)25(31)29-14-17-11-20(17)24-27-9-10-28-24/h3-10,12-13,17,20H,2,11,14H2,1H3,(H,27,28)(H,29,31)/t17-,20+/m0/s1. The number of carbonyl (C=O) groups is 1.